The van der Waals surface area contributed by atoms with Crippen LogP contribution < -0.4 is 5.32 Å². The molecule has 0 bridgehead atoms. The maximum absolute atomic E-state index is 6.15. The Kier molecular flexibility index (Phi) is 4.82. The molecule has 0 aliphatic rings. The number of nitrogens with zero attached hydrogens (tertiary/aromatic N) is 3. The van der Waals surface area contributed by atoms with Crippen LogP contribution in [0.4, 0.5) is 5.82 Å². The largest absolute Gasteiger partial charge is 0.370 e. The van der Waals surface area contributed by atoms with Crippen LogP contribution in [-0.2, 0) is 6.54 Å². The summed E-state index contributed by atoms with van der Waals surface area (Å²) in [4.78, 5) is 4.51. The first-order valence-corrected chi connectivity index (χ1v) is 7.22. The number of hydrogen-bond acceptors (Lipinski definition) is 3. The van der Waals surface area contributed by atoms with Gasteiger partial charge in [0.15, 0.2) is 0 Å². The lowest BCUT2D eigenvalue weighted by Gasteiger charge is -2.08. The quantitative estimate of drug-likeness (QED) is 0.813. The first-order chi connectivity index (χ1) is 8.69. The average molecular weight is 377 g/mol. The summed E-state index contributed by atoms with van der Waals surface area (Å²) in [6, 6.07) is 3.77. The lowest BCUT2D eigenvalue weighted by molar-refractivity contribution is 0.673. The predicted molar refractivity (Wildman–Crippen MR) is 82.1 cm³/mol. The van der Waals surface area contributed by atoms with Crippen molar-refractivity contribution >= 4 is 40.0 Å². The lowest BCUT2D eigenvalue weighted by Crippen LogP contribution is -2.07. The zero-order chi connectivity index (χ0) is 13.0. The second kappa shape index (κ2) is 6.38. The minimum atomic E-state index is 0.587. The average Bonchev–Trinajstić information content (AvgIpc) is 2.76. The molecule has 0 atom stereocenters. The van der Waals surface area contributed by atoms with E-state index in [0.717, 1.165) is 28.0 Å². The molecular formula is C12H14ClIN4. The van der Waals surface area contributed by atoms with E-state index in [1.807, 2.05) is 29.2 Å². The third-order valence-corrected chi connectivity index (χ3v) is 3.29. The van der Waals surface area contributed by atoms with E-state index in [9.17, 15) is 0 Å². The van der Waals surface area contributed by atoms with Crippen LogP contribution in [0, 0.1) is 3.57 Å². The van der Waals surface area contributed by atoms with Crippen LogP contribution in [0.2, 0.25) is 5.02 Å². The van der Waals surface area contributed by atoms with Gasteiger partial charge in [0.25, 0.3) is 0 Å². The Morgan fingerprint density at radius 2 is 2.28 bits per heavy atom. The van der Waals surface area contributed by atoms with Gasteiger partial charge in [-0.3, -0.25) is 4.68 Å². The highest BCUT2D eigenvalue weighted by Gasteiger charge is 2.06. The van der Waals surface area contributed by atoms with Crippen LogP contribution in [0.3, 0.4) is 0 Å². The number of anilines is 1. The number of rotatable bonds is 5. The molecular weight excluding hydrogens is 363 g/mol. The highest BCUT2D eigenvalue weighted by molar-refractivity contribution is 14.1. The molecule has 0 saturated heterocycles. The van der Waals surface area contributed by atoms with E-state index < -0.39 is 0 Å². The van der Waals surface area contributed by atoms with Gasteiger partial charge in [0, 0.05) is 12.7 Å². The van der Waals surface area contributed by atoms with Crippen LogP contribution in [-0.4, -0.2) is 21.3 Å². The molecule has 0 radical (unpaired) electrons. The van der Waals surface area contributed by atoms with Crippen molar-refractivity contribution in [2.45, 2.75) is 19.9 Å². The van der Waals surface area contributed by atoms with Crippen LogP contribution >= 0.6 is 34.2 Å². The topological polar surface area (TPSA) is 42.7 Å². The fourth-order valence-electron chi connectivity index (χ4n) is 1.53. The molecule has 0 amide bonds. The van der Waals surface area contributed by atoms with E-state index in [4.69, 9.17) is 11.6 Å². The summed E-state index contributed by atoms with van der Waals surface area (Å²) in [5, 5.41) is 8.16. The van der Waals surface area contributed by atoms with Gasteiger partial charge >= 0.3 is 0 Å². The summed E-state index contributed by atoms with van der Waals surface area (Å²) in [6.07, 6.45) is 4.84. The normalized spacial score (nSPS) is 10.6. The Labute approximate surface area is 125 Å². The van der Waals surface area contributed by atoms with Gasteiger partial charge in [0.05, 0.1) is 27.0 Å². The molecule has 0 aliphatic heterocycles. The second-order valence-corrected chi connectivity index (χ2v) is 5.56. The van der Waals surface area contributed by atoms with Crippen molar-refractivity contribution in [3.63, 3.8) is 0 Å². The Morgan fingerprint density at radius 3 is 2.94 bits per heavy atom. The van der Waals surface area contributed by atoms with Gasteiger partial charge in [0.1, 0.15) is 5.82 Å². The molecule has 0 spiro atoms. The van der Waals surface area contributed by atoms with Crippen LogP contribution in [0.5, 0.6) is 0 Å². The van der Waals surface area contributed by atoms with E-state index in [-0.39, 0.29) is 0 Å². The molecule has 0 aromatic carbocycles. The molecule has 0 aliphatic carbocycles. The summed E-state index contributed by atoms with van der Waals surface area (Å²) in [7, 11) is 0. The molecule has 2 heterocycles. The molecule has 4 nitrogen and oxygen atoms in total. The van der Waals surface area contributed by atoms with Crippen molar-refractivity contribution in [1.82, 2.24) is 14.8 Å². The molecule has 96 valence electrons. The summed E-state index contributed by atoms with van der Waals surface area (Å²) >= 11 is 8.38. The van der Waals surface area contributed by atoms with Gasteiger partial charge in [-0.1, -0.05) is 18.5 Å². The molecule has 18 heavy (non-hydrogen) atoms. The standard InChI is InChI=1S/C12H14ClIN4/c1-2-5-15-12-4-3-10(13)11(17-12)8-18-7-9(14)6-16-18/h3-4,6-7H,2,5,8H2,1H3,(H,15,17). The van der Waals surface area contributed by atoms with Gasteiger partial charge in [-0.15, -0.1) is 0 Å². The van der Waals surface area contributed by atoms with Gasteiger partial charge < -0.3 is 5.32 Å². The van der Waals surface area contributed by atoms with E-state index in [1.165, 1.54) is 0 Å². The summed E-state index contributed by atoms with van der Waals surface area (Å²) in [5.41, 5.74) is 0.831. The minimum Gasteiger partial charge on any atom is -0.370 e. The van der Waals surface area contributed by atoms with Crippen LogP contribution in [0.1, 0.15) is 19.0 Å². The maximum Gasteiger partial charge on any atom is 0.126 e. The minimum absolute atomic E-state index is 0.587. The maximum atomic E-state index is 6.15. The van der Waals surface area contributed by atoms with Crippen molar-refractivity contribution in [2.24, 2.45) is 0 Å². The molecule has 0 saturated carbocycles. The first-order valence-electron chi connectivity index (χ1n) is 5.76. The van der Waals surface area contributed by atoms with Gasteiger partial charge in [-0.05, 0) is 41.1 Å². The SMILES string of the molecule is CCCNc1ccc(Cl)c(Cn2cc(I)cn2)n1. The zero-order valence-electron chi connectivity index (χ0n) is 10.0. The summed E-state index contributed by atoms with van der Waals surface area (Å²) in [5.74, 6) is 0.859. The summed E-state index contributed by atoms with van der Waals surface area (Å²) in [6.45, 7) is 3.62. The van der Waals surface area contributed by atoms with Crippen molar-refractivity contribution < 1.29 is 0 Å². The number of hydrogen-bond donors (Lipinski definition) is 1. The second-order valence-electron chi connectivity index (χ2n) is 3.91. The highest BCUT2D eigenvalue weighted by atomic mass is 127. The van der Waals surface area contributed by atoms with Crippen molar-refractivity contribution in [3.8, 4) is 0 Å². The molecule has 2 aromatic rings. The molecule has 0 unspecified atom stereocenters. The van der Waals surface area contributed by atoms with E-state index in [0.29, 0.717) is 11.6 Å². The molecule has 0 fully saturated rings. The van der Waals surface area contributed by atoms with Gasteiger partial charge in [-0.2, -0.15) is 5.10 Å². The number of nitrogens with one attached hydrogen (secondary N) is 1. The Morgan fingerprint density at radius 1 is 1.44 bits per heavy atom. The van der Waals surface area contributed by atoms with Gasteiger partial charge in [0.2, 0.25) is 0 Å². The fourth-order valence-corrected chi connectivity index (χ4v) is 2.14. The summed E-state index contributed by atoms with van der Waals surface area (Å²) < 4.78 is 2.93. The third-order valence-electron chi connectivity index (χ3n) is 2.39. The Bertz CT molecular complexity index is 527. The molecule has 6 heteroatoms. The smallest absolute Gasteiger partial charge is 0.126 e. The Hall–Kier alpha value is -0.820. The van der Waals surface area contributed by atoms with Gasteiger partial charge in [-0.25, -0.2) is 4.98 Å². The first kappa shape index (κ1) is 13.6. The predicted octanol–water partition coefficient (Wildman–Crippen LogP) is 3.41. The monoisotopic (exact) mass is 376 g/mol. The fraction of sp³-hybridized carbons (Fsp3) is 0.333. The van der Waals surface area contributed by atoms with Crippen molar-refractivity contribution in [2.75, 3.05) is 11.9 Å². The van der Waals surface area contributed by atoms with E-state index in [2.05, 4.69) is 44.9 Å². The molecule has 1 N–H and O–H groups in total. The number of pyridine rings is 1. The zero-order valence-corrected chi connectivity index (χ0v) is 12.9. The highest BCUT2D eigenvalue weighted by Crippen LogP contribution is 2.18. The Balaban J connectivity index is 2.15. The lowest BCUT2D eigenvalue weighted by atomic mass is 10.3. The number of halogens is 2. The van der Waals surface area contributed by atoms with Crippen molar-refractivity contribution in [3.05, 3.63) is 38.8 Å². The molecule has 2 rings (SSSR count). The number of aromatic nitrogens is 3. The van der Waals surface area contributed by atoms with E-state index >= 15 is 0 Å². The molecule has 2 aromatic heterocycles. The van der Waals surface area contributed by atoms with E-state index in [1.54, 1.807) is 0 Å². The van der Waals surface area contributed by atoms with Crippen LogP contribution in [0.15, 0.2) is 24.5 Å². The van der Waals surface area contributed by atoms with Crippen LogP contribution in [0.25, 0.3) is 0 Å². The van der Waals surface area contributed by atoms with Crippen molar-refractivity contribution in [1.29, 1.82) is 0 Å². The third kappa shape index (κ3) is 3.58.